The second-order valence-corrected chi connectivity index (χ2v) is 5.86. The summed E-state index contributed by atoms with van der Waals surface area (Å²) >= 11 is 0. The molecule has 3 rings (SSSR count). The third-order valence-corrected chi connectivity index (χ3v) is 3.86. The Morgan fingerprint density at radius 3 is 2.85 bits per heavy atom. The van der Waals surface area contributed by atoms with Crippen LogP contribution in [0.25, 0.3) is 0 Å². The zero-order valence-corrected chi connectivity index (χ0v) is 14.2. The minimum Gasteiger partial charge on any atom is -0.439 e. The fourth-order valence-electron chi connectivity index (χ4n) is 2.51. The number of halogens is 1. The van der Waals surface area contributed by atoms with E-state index in [4.69, 9.17) is 4.74 Å². The molecular formula is C18H17FN4O4. The summed E-state index contributed by atoms with van der Waals surface area (Å²) in [6.45, 7) is 0.153. The first kappa shape index (κ1) is 18.3. The van der Waals surface area contributed by atoms with E-state index in [9.17, 15) is 18.8 Å². The predicted octanol–water partition coefficient (Wildman–Crippen LogP) is 1.62. The molecule has 2 aromatic rings. The van der Waals surface area contributed by atoms with E-state index in [1.807, 2.05) is 0 Å². The highest BCUT2D eigenvalue weighted by Crippen LogP contribution is 2.23. The highest BCUT2D eigenvalue weighted by atomic mass is 19.1. The summed E-state index contributed by atoms with van der Waals surface area (Å²) in [5, 5.41) is 7.25. The third-order valence-electron chi connectivity index (χ3n) is 3.86. The quantitative estimate of drug-likeness (QED) is 0.640. The molecule has 0 saturated carbocycles. The molecule has 0 bridgehead atoms. The van der Waals surface area contributed by atoms with Crippen molar-refractivity contribution in [2.45, 2.75) is 25.4 Å². The number of urea groups is 1. The first-order chi connectivity index (χ1) is 13.0. The SMILES string of the molecule is O=C(CCC1NC(=O)NC1=O)NCc1cccnc1Oc1cccc(F)c1. The van der Waals surface area contributed by atoms with Gasteiger partial charge in [-0.15, -0.1) is 0 Å². The average Bonchev–Trinajstić information content (AvgIpc) is 2.96. The number of nitrogens with zero attached hydrogens (tertiary/aromatic N) is 1. The van der Waals surface area contributed by atoms with Crippen LogP contribution in [0.4, 0.5) is 9.18 Å². The van der Waals surface area contributed by atoms with Crippen LogP contribution in [0.15, 0.2) is 42.6 Å². The molecule has 1 atom stereocenters. The lowest BCUT2D eigenvalue weighted by Gasteiger charge is -2.11. The van der Waals surface area contributed by atoms with E-state index in [-0.39, 0.29) is 31.2 Å². The Kier molecular flexibility index (Phi) is 5.60. The first-order valence-electron chi connectivity index (χ1n) is 8.26. The largest absolute Gasteiger partial charge is 0.439 e. The second kappa shape index (κ2) is 8.26. The van der Waals surface area contributed by atoms with Gasteiger partial charge in [-0.05, 0) is 24.6 Å². The average molecular weight is 372 g/mol. The van der Waals surface area contributed by atoms with Gasteiger partial charge in [0.05, 0.1) is 0 Å². The molecule has 0 aliphatic carbocycles. The molecule has 1 aromatic heterocycles. The number of hydrogen-bond donors (Lipinski definition) is 3. The van der Waals surface area contributed by atoms with E-state index in [2.05, 4.69) is 20.9 Å². The van der Waals surface area contributed by atoms with Gasteiger partial charge in [-0.3, -0.25) is 14.9 Å². The minimum atomic E-state index is -0.700. The van der Waals surface area contributed by atoms with Crippen LogP contribution in [0.3, 0.4) is 0 Å². The molecule has 9 heteroatoms. The summed E-state index contributed by atoms with van der Waals surface area (Å²) < 4.78 is 18.9. The van der Waals surface area contributed by atoms with Crippen molar-refractivity contribution in [3.05, 3.63) is 54.0 Å². The molecular weight excluding hydrogens is 355 g/mol. The van der Waals surface area contributed by atoms with Crippen molar-refractivity contribution < 1.29 is 23.5 Å². The van der Waals surface area contributed by atoms with Gasteiger partial charge in [0.15, 0.2) is 0 Å². The van der Waals surface area contributed by atoms with Gasteiger partial charge in [-0.25, -0.2) is 14.2 Å². The molecule has 0 spiro atoms. The minimum absolute atomic E-state index is 0.0682. The number of pyridine rings is 1. The van der Waals surface area contributed by atoms with Crippen molar-refractivity contribution in [3.8, 4) is 11.6 Å². The Labute approximate surface area is 154 Å². The van der Waals surface area contributed by atoms with Gasteiger partial charge >= 0.3 is 6.03 Å². The van der Waals surface area contributed by atoms with E-state index in [0.717, 1.165) is 0 Å². The van der Waals surface area contributed by atoms with Crippen LogP contribution in [0.2, 0.25) is 0 Å². The van der Waals surface area contributed by atoms with E-state index >= 15 is 0 Å². The zero-order valence-electron chi connectivity index (χ0n) is 14.2. The van der Waals surface area contributed by atoms with Crippen molar-refractivity contribution in [2.75, 3.05) is 0 Å². The highest BCUT2D eigenvalue weighted by molar-refractivity contribution is 6.04. The molecule has 3 N–H and O–H groups in total. The van der Waals surface area contributed by atoms with Crippen LogP contribution in [0.5, 0.6) is 11.6 Å². The molecule has 0 radical (unpaired) electrons. The maximum absolute atomic E-state index is 13.3. The summed E-state index contributed by atoms with van der Waals surface area (Å²) in [6.07, 6.45) is 1.79. The van der Waals surface area contributed by atoms with Crippen molar-refractivity contribution in [2.24, 2.45) is 0 Å². The summed E-state index contributed by atoms with van der Waals surface area (Å²) in [5.41, 5.74) is 0.613. The molecule has 1 aliphatic rings. The van der Waals surface area contributed by atoms with Gasteiger partial charge < -0.3 is 15.4 Å². The van der Waals surface area contributed by atoms with Gasteiger partial charge in [0.25, 0.3) is 5.91 Å². The van der Waals surface area contributed by atoms with Gasteiger partial charge in [-0.1, -0.05) is 12.1 Å². The highest BCUT2D eigenvalue weighted by Gasteiger charge is 2.29. The van der Waals surface area contributed by atoms with Crippen LogP contribution in [-0.2, 0) is 16.1 Å². The molecule has 140 valence electrons. The Hall–Kier alpha value is -3.49. The number of imide groups is 1. The molecule has 1 unspecified atom stereocenters. The van der Waals surface area contributed by atoms with Crippen molar-refractivity contribution in [1.82, 2.24) is 20.9 Å². The van der Waals surface area contributed by atoms with Gasteiger partial charge in [0.2, 0.25) is 11.8 Å². The van der Waals surface area contributed by atoms with Crippen molar-refractivity contribution >= 4 is 17.8 Å². The molecule has 1 saturated heterocycles. The first-order valence-corrected chi connectivity index (χ1v) is 8.26. The number of carbonyl (C=O) groups excluding carboxylic acids is 3. The fourth-order valence-corrected chi connectivity index (χ4v) is 2.51. The maximum Gasteiger partial charge on any atom is 0.322 e. The lowest BCUT2D eigenvalue weighted by atomic mass is 10.1. The van der Waals surface area contributed by atoms with Crippen molar-refractivity contribution in [3.63, 3.8) is 0 Å². The number of ether oxygens (including phenoxy) is 1. The maximum atomic E-state index is 13.3. The lowest BCUT2D eigenvalue weighted by molar-refractivity contribution is -0.122. The standard InChI is InChI=1S/C18H17FN4O4/c19-12-4-1-5-13(9-12)27-17-11(3-2-8-20-17)10-21-15(24)7-6-14-16(25)23-18(26)22-14/h1-5,8-9,14H,6-7,10H2,(H,21,24)(H2,22,23,25,26). The fraction of sp³-hybridized carbons (Fsp3) is 0.222. The number of rotatable bonds is 7. The van der Waals surface area contributed by atoms with E-state index in [1.54, 1.807) is 18.2 Å². The second-order valence-electron chi connectivity index (χ2n) is 5.86. The normalized spacial score (nSPS) is 15.8. The number of carbonyl (C=O) groups is 3. The summed E-state index contributed by atoms with van der Waals surface area (Å²) in [6, 6.07) is 7.82. The third kappa shape index (κ3) is 5.00. The summed E-state index contributed by atoms with van der Waals surface area (Å²) in [5.74, 6) is -0.605. The van der Waals surface area contributed by atoms with Gasteiger partial charge in [0.1, 0.15) is 17.6 Å². The van der Waals surface area contributed by atoms with Gasteiger partial charge in [-0.2, -0.15) is 0 Å². The number of hydrogen-bond acceptors (Lipinski definition) is 5. The summed E-state index contributed by atoms with van der Waals surface area (Å²) in [4.78, 5) is 38.6. The molecule has 4 amide bonds. The van der Waals surface area contributed by atoms with Crippen LogP contribution < -0.4 is 20.7 Å². The lowest BCUT2D eigenvalue weighted by Crippen LogP contribution is -2.31. The Morgan fingerprint density at radius 2 is 2.11 bits per heavy atom. The van der Waals surface area contributed by atoms with E-state index in [0.29, 0.717) is 11.3 Å². The predicted molar refractivity (Wildman–Crippen MR) is 92.3 cm³/mol. The molecule has 2 heterocycles. The Morgan fingerprint density at radius 1 is 1.26 bits per heavy atom. The van der Waals surface area contributed by atoms with Crippen LogP contribution in [0.1, 0.15) is 18.4 Å². The molecule has 1 fully saturated rings. The molecule has 1 aliphatic heterocycles. The Bertz CT molecular complexity index is 874. The zero-order chi connectivity index (χ0) is 19.2. The number of benzene rings is 1. The van der Waals surface area contributed by atoms with Crippen molar-refractivity contribution in [1.29, 1.82) is 0 Å². The molecule has 27 heavy (non-hydrogen) atoms. The number of nitrogens with one attached hydrogen (secondary N) is 3. The van der Waals surface area contributed by atoms with E-state index in [1.165, 1.54) is 24.4 Å². The Balaban J connectivity index is 1.54. The van der Waals surface area contributed by atoms with E-state index < -0.39 is 23.8 Å². The monoisotopic (exact) mass is 372 g/mol. The van der Waals surface area contributed by atoms with Gasteiger partial charge in [0, 0.05) is 30.8 Å². The van der Waals surface area contributed by atoms with Crippen LogP contribution in [-0.4, -0.2) is 28.9 Å². The molecule has 1 aromatic carbocycles. The van der Waals surface area contributed by atoms with Crippen LogP contribution >= 0.6 is 0 Å². The van der Waals surface area contributed by atoms with Crippen LogP contribution in [0, 0.1) is 5.82 Å². The number of amides is 4. The number of aromatic nitrogens is 1. The summed E-state index contributed by atoms with van der Waals surface area (Å²) in [7, 11) is 0. The topological polar surface area (TPSA) is 109 Å². The smallest absolute Gasteiger partial charge is 0.322 e. The molecule has 8 nitrogen and oxygen atoms in total.